The fourth-order valence-electron chi connectivity index (χ4n) is 0.673. The van der Waals surface area contributed by atoms with Crippen molar-refractivity contribution >= 4 is 17.5 Å². The Kier molecular flexibility index (Phi) is 2.71. The van der Waals surface area contributed by atoms with Crippen LogP contribution in [0.5, 0.6) is 0 Å². The molecule has 0 unspecified atom stereocenters. The van der Waals surface area contributed by atoms with Crippen molar-refractivity contribution in [3.63, 3.8) is 0 Å². The normalized spacial score (nSPS) is 19.5. The molecule has 0 aromatic heterocycles. The van der Waals surface area contributed by atoms with Crippen LogP contribution in [0.1, 0.15) is 13.8 Å². The smallest absolute Gasteiger partial charge is 0.193 e. The highest BCUT2D eigenvalue weighted by Crippen LogP contribution is 2.24. The van der Waals surface area contributed by atoms with Gasteiger partial charge in [0.25, 0.3) is 0 Å². The highest BCUT2D eigenvalue weighted by atomic mass is 32.2. The average molecular weight is 166 g/mol. The van der Waals surface area contributed by atoms with Crippen molar-refractivity contribution in [3.05, 3.63) is 34.1 Å². The molecule has 1 rings (SSSR count). The van der Waals surface area contributed by atoms with Gasteiger partial charge in [-0.25, -0.2) is 0 Å². The molecule has 2 heteroatoms. The van der Waals surface area contributed by atoms with Gasteiger partial charge in [0.1, 0.15) is 0 Å². The first-order chi connectivity index (χ1) is 5.20. The number of thioether (sulfide) groups is 1. The molecule has 0 radical (unpaired) electrons. The third kappa shape index (κ3) is 2.39. The summed E-state index contributed by atoms with van der Waals surface area (Å²) >= 11 is 1.48. The number of allylic oxidation sites excluding steroid dienone is 5. The molecule has 0 atom stereocenters. The summed E-state index contributed by atoms with van der Waals surface area (Å²) in [6, 6.07) is 0. The third-order valence-corrected chi connectivity index (χ3v) is 2.09. The van der Waals surface area contributed by atoms with Crippen molar-refractivity contribution in [3.8, 4) is 0 Å². The number of hydrogen-bond donors (Lipinski definition) is 0. The predicted molar refractivity (Wildman–Crippen MR) is 49.3 cm³/mol. The third-order valence-electron chi connectivity index (χ3n) is 1.23. The summed E-state index contributed by atoms with van der Waals surface area (Å²) in [5, 5.41) is 1.81. The van der Waals surface area contributed by atoms with Crippen LogP contribution in [-0.4, -0.2) is 5.78 Å². The lowest BCUT2D eigenvalue weighted by Crippen LogP contribution is -1.86. The van der Waals surface area contributed by atoms with Gasteiger partial charge >= 0.3 is 0 Å². The van der Waals surface area contributed by atoms with E-state index in [1.165, 1.54) is 17.3 Å². The van der Waals surface area contributed by atoms with E-state index in [2.05, 4.69) is 0 Å². The van der Waals surface area contributed by atoms with Gasteiger partial charge in [-0.1, -0.05) is 23.4 Å². The minimum absolute atomic E-state index is 0.118. The summed E-state index contributed by atoms with van der Waals surface area (Å²) in [5.74, 6) is 0.118. The molecule has 1 nitrogen and oxygen atoms in total. The van der Waals surface area contributed by atoms with Crippen molar-refractivity contribution in [1.29, 1.82) is 0 Å². The highest BCUT2D eigenvalue weighted by Gasteiger charge is 2.09. The van der Waals surface area contributed by atoms with Crippen LogP contribution in [0.2, 0.25) is 0 Å². The molecule has 0 fully saturated rings. The molecular formula is C9H10OS. The summed E-state index contributed by atoms with van der Waals surface area (Å²) in [7, 11) is 0. The van der Waals surface area contributed by atoms with Crippen LogP contribution in [0.15, 0.2) is 34.1 Å². The number of ketones is 1. The SMILES string of the molecule is CC(C)=C/C=C1/SC=CC1=O. The maximum atomic E-state index is 11.0. The Morgan fingerprint density at radius 3 is 2.73 bits per heavy atom. The molecule has 11 heavy (non-hydrogen) atoms. The molecule has 1 aliphatic rings. The Morgan fingerprint density at radius 2 is 2.27 bits per heavy atom. The minimum atomic E-state index is 0.118. The summed E-state index contributed by atoms with van der Waals surface area (Å²) in [4.78, 5) is 11.8. The van der Waals surface area contributed by atoms with Gasteiger partial charge in [-0.15, -0.1) is 0 Å². The molecule has 1 aliphatic heterocycles. The van der Waals surface area contributed by atoms with Crippen molar-refractivity contribution < 1.29 is 4.79 Å². The topological polar surface area (TPSA) is 17.1 Å². The quantitative estimate of drug-likeness (QED) is 0.557. The number of carbonyl (C=O) groups excluding carboxylic acids is 1. The molecule has 0 aromatic carbocycles. The molecule has 0 amide bonds. The summed E-state index contributed by atoms with van der Waals surface area (Å²) in [6.45, 7) is 4.02. The zero-order valence-electron chi connectivity index (χ0n) is 6.63. The van der Waals surface area contributed by atoms with Gasteiger partial charge < -0.3 is 0 Å². The Hall–Kier alpha value is -0.760. The summed E-state index contributed by atoms with van der Waals surface area (Å²) in [5.41, 5.74) is 1.21. The van der Waals surface area contributed by atoms with E-state index in [0.29, 0.717) is 0 Å². The average Bonchev–Trinajstić information content (AvgIpc) is 2.31. The standard InChI is InChI=1S/C9H10OS/c1-7(2)3-4-9-8(10)5-6-11-9/h3-6H,1-2H3/b9-4+. The highest BCUT2D eigenvalue weighted by molar-refractivity contribution is 8.07. The summed E-state index contributed by atoms with van der Waals surface area (Å²) in [6.07, 6.45) is 5.41. The fourth-order valence-corrected chi connectivity index (χ4v) is 1.34. The van der Waals surface area contributed by atoms with E-state index in [-0.39, 0.29) is 5.78 Å². The first-order valence-corrected chi connectivity index (χ1v) is 4.31. The molecule has 58 valence electrons. The molecule has 0 saturated heterocycles. The number of hydrogen-bond acceptors (Lipinski definition) is 2. The fraction of sp³-hybridized carbons (Fsp3) is 0.222. The largest absolute Gasteiger partial charge is 0.289 e. The molecule has 0 aromatic rings. The van der Waals surface area contributed by atoms with Crippen LogP contribution in [0.3, 0.4) is 0 Å². The first-order valence-electron chi connectivity index (χ1n) is 3.43. The molecular weight excluding hydrogens is 156 g/mol. The summed E-state index contributed by atoms with van der Waals surface area (Å²) < 4.78 is 0. The second kappa shape index (κ2) is 3.58. The molecule has 0 spiro atoms. The van der Waals surface area contributed by atoms with Crippen molar-refractivity contribution in [2.75, 3.05) is 0 Å². The van der Waals surface area contributed by atoms with Crippen LogP contribution in [0.25, 0.3) is 0 Å². The van der Waals surface area contributed by atoms with Gasteiger partial charge in [0.15, 0.2) is 5.78 Å². The van der Waals surface area contributed by atoms with E-state index < -0.39 is 0 Å². The van der Waals surface area contributed by atoms with Crippen LogP contribution >= 0.6 is 11.8 Å². The van der Waals surface area contributed by atoms with Gasteiger partial charge in [0.2, 0.25) is 0 Å². The predicted octanol–water partition coefficient (Wildman–Crippen LogP) is 2.67. The van der Waals surface area contributed by atoms with Crippen molar-refractivity contribution in [1.82, 2.24) is 0 Å². The van der Waals surface area contributed by atoms with Gasteiger partial charge in [-0.2, -0.15) is 0 Å². The lowest BCUT2D eigenvalue weighted by molar-refractivity contribution is -0.110. The van der Waals surface area contributed by atoms with E-state index in [4.69, 9.17) is 0 Å². The molecule has 0 aliphatic carbocycles. The maximum absolute atomic E-state index is 11.0. The zero-order chi connectivity index (χ0) is 8.27. The van der Waals surface area contributed by atoms with Gasteiger partial charge in [0.05, 0.1) is 4.91 Å². The van der Waals surface area contributed by atoms with E-state index >= 15 is 0 Å². The molecule has 0 saturated carbocycles. The van der Waals surface area contributed by atoms with Crippen molar-refractivity contribution in [2.24, 2.45) is 0 Å². The Labute approximate surface area is 70.9 Å². The molecule has 0 N–H and O–H groups in total. The number of carbonyl (C=O) groups is 1. The lowest BCUT2D eigenvalue weighted by atomic mass is 10.3. The first kappa shape index (κ1) is 8.34. The van der Waals surface area contributed by atoms with E-state index in [1.54, 1.807) is 6.08 Å². The minimum Gasteiger partial charge on any atom is -0.289 e. The number of rotatable bonds is 1. The van der Waals surface area contributed by atoms with Gasteiger partial charge in [-0.3, -0.25) is 4.79 Å². The Bertz CT molecular complexity index is 255. The van der Waals surface area contributed by atoms with E-state index in [0.717, 1.165) is 4.91 Å². The molecule has 0 bridgehead atoms. The second-order valence-corrected chi connectivity index (χ2v) is 3.51. The molecule has 1 heterocycles. The van der Waals surface area contributed by atoms with Crippen LogP contribution in [0.4, 0.5) is 0 Å². The Morgan fingerprint density at radius 1 is 1.55 bits per heavy atom. The van der Waals surface area contributed by atoms with Crippen molar-refractivity contribution in [2.45, 2.75) is 13.8 Å². The Balaban J connectivity index is 2.70. The second-order valence-electron chi connectivity index (χ2n) is 2.56. The monoisotopic (exact) mass is 166 g/mol. The maximum Gasteiger partial charge on any atom is 0.193 e. The van der Waals surface area contributed by atoms with E-state index in [1.807, 2.05) is 31.4 Å². The lowest BCUT2D eigenvalue weighted by Gasteiger charge is -1.89. The van der Waals surface area contributed by atoms with Gasteiger partial charge in [-0.05, 0) is 31.4 Å². The van der Waals surface area contributed by atoms with Crippen LogP contribution < -0.4 is 0 Å². The van der Waals surface area contributed by atoms with Gasteiger partial charge in [0, 0.05) is 0 Å². The zero-order valence-corrected chi connectivity index (χ0v) is 7.44. The van der Waals surface area contributed by atoms with Crippen LogP contribution in [0, 0.1) is 0 Å². The van der Waals surface area contributed by atoms with E-state index in [9.17, 15) is 4.79 Å². The van der Waals surface area contributed by atoms with Crippen LogP contribution in [-0.2, 0) is 4.79 Å².